The normalized spacial score (nSPS) is 15.0. The Labute approximate surface area is 181 Å². The zero-order valence-electron chi connectivity index (χ0n) is 16.9. The number of carbonyl (C=O) groups excluding carboxylic acids is 2. The van der Waals surface area contributed by atoms with Crippen molar-refractivity contribution in [3.05, 3.63) is 59.1 Å². The molecule has 2 aromatic rings. The summed E-state index contributed by atoms with van der Waals surface area (Å²) in [6.45, 7) is 6.01. The van der Waals surface area contributed by atoms with Crippen LogP contribution in [0.15, 0.2) is 48.5 Å². The Morgan fingerprint density at radius 2 is 1.53 bits per heavy atom. The van der Waals surface area contributed by atoms with Crippen LogP contribution in [0.5, 0.6) is 5.75 Å². The largest absolute Gasteiger partial charge is 0.492 e. The Hall–Kier alpha value is -2.61. The van der Waals surface area contributed by atoms with E-state index in [4.69, 9.17) is 22.1 Å². The molecule has 7 nitrogen and oxygen atoms in total. The lowest BCUT2D eigenvalue weighted by molar-refractivity contribution is -0.116. The first-order valence-electron chi connectivity index (χ1n) is 10.0. The van der Waals surface area contributed by atoms with Crippen LogP contribution in [0.1, 0.15) is 16.8 Å². The monoisotopic (exact) mass is 430 g/mol. The SMILES string of the molecule is NC(=O)c1ccc(NC(=O)CCN2CCN(CCOc3ccc(Cl)cc3)CC2)cc1. The van der Waals surface area contributed by atoms with Crippen LogP contribution >= 0.6 is 11.6 Å². The van der Waals surface area contributed by atoms with Gasteiger partial charge in [-0.1, -0.05) is 11.6 Å². The van der Waals surface area contributed by atoms with Crippen LogP contribution in [0.25, 0.3) is 0 Å². The van der Waals surface area contributed by atoms with Gasteiger partial charge in [0, 0.05) is 62.0 Å². The average molecular weight is 431 g/mol. The Bertz CT molecular complexity index is 834. The summed E-state index contributed by atoms with van der Waals surface area (Å²) < 4.78 is 5.75. The average Bonchev–Trinajstić information content (AvgIpc) is 2.75. The lowest BCUT2D eigenvalue weighted by Crippen LogP contribution is -2.48. The van der Waals surface area contributed by atoms with Gasteiger partial charge in [-0.2, -0.15) is 0 Å². The number of ether oxygens (including phenoxy) is 1. The van der Waals surface area contributed by atoms with Gasteiger partial charge in [0.25, 0.3) is 0 Å². The molecule has 1 fully saturated rings. The van der Waals surface area contributed by atoms with Crippen molar-refractivity contribution >= 4 is 29.1 Å². The van der Waals surface area contributed by atoms with Crippen LogP contribution in [0, 0.1) is 0 Å². The number of hydrogen-bond acceptors (Lipinski definition) is 5. The van der Waals surface area contributed by atoms with Gasteiger partial charge < -0.3 is 20.7 Å². The van der Waals surface area contributed by atoms with Crippen molar-refractivity contribution in [2.75, 3.05) is 51.2 Å². The van der Waals surface area contributed by atoms with E-state index in [1.165, 1.54) is 0 Å². The van der Waals surface area contributed by atoms with Gasteiger partial charge in [-0.25, -0.2) is 0 Å². The smallest absolute Gasteiger partial charge is 0.248 e. The number of carbonyl (C=O) groups is 2. The molecule has 160 valence electrons. The molecule has 0 saturated carbocycles. The molecule has 0 radical (unpaired) electrons. The van der Waals surface area contributed by atoms with Crippen molar-refractivity contribution < 1.29 is 14.3 Å². The van der Waals surface area contributed by atoms with Crippen molar-refractivity contribution in [3.8, 4) is 5.75 Å². The number of rotatable bonds is 9. The molecule has 1 heterocycles. The van der Waals surface area contributed by atoms with E-state index >= 15 is 0 Å². The fraction of sp³-hybridized carbons (Fsp3) is 0.364. The molecule has 0 aromatic heterocycles. The van der Waals surface area contributed by atoms with E-state index in [0.29, 0.717) is 29.3 Å². The molecular formula is C22H27ClN4O3. The Kier molecular flexibility index (Phi) is 8.07. The Morgan fingerprint density at radius 1 is 0.933 bits per heavy atom. The van der Waals surface area contributed by atoms with E-state index in [9.17, 15) is 9.59 Å². The van der Waals surface area contributed by atoms with Crippen LogP contribution in [-0.4, -0.2) is 67.5 Å². The number of piperazine rings is 1. The van der Waals surface area contributed by atoms with Gasteiger partial charge in [-0.15, -0.1) is 0 Å². The highest BCUT2D eigenvalue weighted by molar-refractivity contribution is 6.30. The Balaban J connectivity index is 1.30. The van der Waals surface area contributed by atoms with Crippen LogP contribution in [-0.2, 0) is 4.79 Å². The molecule has 0 unspecified atom stereocenters. The maximum Gasteiger partial charge on any atom is 0.248 e. The van der Waals surface area contributed by atoms with E-state index in [-0.39, 0.29) is 5.91 Å². The summed E-state index contributed by atoms with van der Waals surface area (Å²) in [4.78, 5) is 27.9. The third kappa shape index (κ3) is 7.02. The lowest BCUT2D eigenvalue weighted by Gasteiger charge is -2.34. The number of halogens is 1. The molecule has 1 aliphatic heterocycles. The molecule has 2 amide bonds. The van der Waals surface area contributed by atoms with Gasteiger partial charge in [0.05, 0.1) is 0 Å². The second-order valence-electron chi connectivity index (χ2n) is 7.23. The summed E-state index contributed by atoms with van der Waals surface area (Å²) in [5.41, 5.74) is 6.30. The summed E-state index contributed by atoms with van der Waals surface area (Å²) in [6.07, 6.45) is 0.428. The predicted octanol–water partition coefficient (Wildman–Crippen LogP) is 2.46. The summed E-state index contributed by atoms with van der Waals surface area (Å²) >= 11 is 5.87. The van der Waals surface area contributed by atoms with E-state index in [2.05, 4.69) is 15.1 Å². The fourth-order valence-electron chi connectivity index (χ4n) is 3.26. The molecule has 1 aliphatic rings. The van der Waals surface area contributed by atoms with Crippen LogP contribution in [0.2, 0.25) is 5.02 Å². The highest BCUT2D eigenvalue weighted by Gasteiger charge is 2.17. The number of hydrogen-bond donors (Lipinski definition) is 2. The zero-order valence-corrected chi connectivity index (χ0v) is 17.6. The van der Waals surface area contributed by atoms with Gasteiger partial charge in [0.15, 0.2) is 0 Å². The molecule has 1 saturated heterocycles. The number of primary amides is 1. The number of anilines is 1. The maximum absolute atomic E-state index is 12.2. The minimum atomic E-state index is -0.483. The topological polar surface area (TPSA) is 87.9 Å². The van der Waals surface area contributed by atoms with Gasteiger partial charge >= 0.3 is 0 Å². The van der Waals surface area contributed by atoms with Crippen LogP contribution in [0.3, 0.4) is 0 Å². The third-order valence-electron chi connectivity index (χ3n) is 5.06. The summed E-state index contributed by atoms with van der Waals surface area (Å²) in [5.74, 6) is 0.303. The molecule has 3 N–H and O–H groups in total. The quantitative estimate of drug-likeness (QED) is 0.638. The minimum absolute atomic E-state index is 0.0411. The van der Waals surface area contributed by atoms with Crippen molar-refractivity contribution in [2.24, 2.45) is 5.73 Å². The molecule has 0 bridgehead atoms. The standard InChI is InChI=1S/C22H27ClN4O3/c23-18-3-7-20(8-4-18)30-16-15-27-13-11-26(12-14-27)10-9-21(28)25-19-5-1-17(2-6-19)22(24)29/h1-8H,9-16H2,(H2,24,29)(H,25,28). The first kappa shape index (κ1) is 22.1. The van der Waals surface area contributed by atoms with Crippen molar-refractivity contribution in [3.63, 3.8) is 0 Å². The molecule has 0 atom stereocenters. The highest BCUT2D eigenvalue weighted by Crippen LogP contribution is 2.15. The van der Waals surface area contributed by atoms with Crippen molar-refractivity contribution in [2.45, 2.75) is 6.42 Å². The molecule has 3 rings (SSSR count). The van der Waals surface area contributed by atoms with E-state index in [1.807, 2.05) is 24.3 Å². The number of nitrogens with zero attached hydrogens (tertiary/aromatic N) is 2. The number of nitrogens with one attached hydrogen (secondary N) is 1. The molecule has 0 aliphatic carbocycles. The first-order valence-corrected chi connectivity index (χ1v) is 10.4. The molecule has 2 aromatic carbocycles. The fourth-order valence-corrected chi connectivity index (χ4v) is 3.39. The van der Waals surface area contributed by atoms with Gasteiger partial charge in [0.2, 0.25) is 11.8 Å². The van der Waals surface area contributed by atoms with Crippen LogP contribution < -0.4 is 15.8 Å². The van der Waals surface area contributed by atoms with Crippen molar-refractivity contribution in [1.82, 2.24) is 9.80 Å². The summed E-state index contributed by atoms with van der Waals surface area (Å²) in [7, 11) is 0. The highest BCUT2D eigenvalue weighted by atomic mass is 35.5. The molecular weight excluding hydrogens is 404 g/mol. The Morgan fingerprint density at radius 3 is 2.13 bits per heavy atom. The second kappa shape index (κ2) is 11.0. The van der Waals surface area contributed by atoms with Crippen LogP contribution in [0.4, 0.5) is 5.69 Å². The maximum atomic E-state index is 12.2. The summed E-state index contributed by atoms with van der Waals surface area (Å²) in [5, 5.41) is 3.55. The van der Waals surface area contributed by atoms with Gasteiger partial charge in [-0.3, -0.25) is 14.5 Å². The molecule has 30 heavy (non-hydrogen) atoms. The summed E-state index contributed by atoms with van der Waals surface area (Å²) in [6, 6.07) is 14.0. The predicted molar refractivity (Wildman–Crippen MR) is 118 cm³/mol. The third-order valence-corrected chi connectivity index (χ3v) is 5.32. The first-order chi connectivity index (χ1) is 14.5. The molecule has 0 spiro atoms. The number of benzene rings is 2. The van der Waals surface area contributed by atoms with Crippen molar-refractivity contribution in [1.29, 1.82) is 0 Å². The van der Waals surface area contributed by atoms with Gasteiger partial charge in [0.1, 0.15) is 12.4 Å². The van der Waals surface area contributed by atoms with E-state index < -0.39 is 5.91 Å². The second-order valence-corrected chi connectivity index (χ2v) is 7.66. The van der Waals surface area contributed by atoms with Gasteiger partial charge in [-0.05, 0) is 48.5 Å². The molecule has 8 heteroatoms. The van der Waals surface area contributed by atoms with E-state index in [0.717, 1.165) is 45.0 Å². The minimum Gasteiger partial charge on any atom is -0.492 e. The van der Waals surface area contributed by atoms with E-state index in [1.54, 1.807) is 24.3 Å². The number of nitrogens with two attached hydrogens (primary N) is 1. The zero-order chi connectivity index (χ0) is 21.3. The lowest BCUT2D eigenvalue weighted by atomic mass is 10.2. The number of amides is 2.